The molecule has 0 bridgehead atoms. The van der Waals surface area contributed by atoms with E-state index in [0.29, 0.717) is 10.6 Å². The van der Waals surface area contributed by atoms with Crippen molar-refractivity contribution < 1.29 is 14.3 Å². The van der Waals surface area contributed by atoms with Gasteiger partial charge in [-0.05, 0) is 23.8 Å². The maximum atomic E-state index is 12.3. The van der Waals surface area contributed by atoms with Crippen molar-refractivity contribution in [1.29, 1.82) is 0 Å². The Morgan fingerprint density at radius 3 is 2.65 bits per heavy atom. The summed E-state index contributed by atoms with van der Waals surface area (Å²) in [6, 6.07) is 9.08. The van der Waals surface area contributed by atoms with Crippen LogP contribution in [0.4, 0.5) is 0 Å². The maximum absolute atomic E-state index is 12.3. The van der Waals surface area contributed by atoms with E-state index < -0.39 is 23.5 Å². The average Bonchev–Trinajstić information content (AvgIpc) is 2.55. The van der Waals surface area contributed by atoms with Crippen LogP contribution >= 0.6 is 11.6 Å². The first-order chi connectivity index (χ1) is 11.0. The minimum atomic E-state index is -0.705. The first-order valence-corrected chi connectivity index (χ1v) is 7.20. The number of esters is 1. The van der Waals surface area contributed by atoms with Crippen molar-refractivity contribution in [2.45, 2.75) is 12.5 Å². The number of hydrogen-bond acceptors (Lipinski definition) is 4. The van der Waals surface area contributed by atoms with Crippen molar-refractivity contribution in [3.05, 3.63) is 69.1 Å². The predicted octanol–water partition coefficient (Wildman–Crippen LogP) is 2.06. The van der Waals surface area contributed by atoms with E-state index in [2.05, 4.69) is 15.0 Å². The summed E-state index contributed by atoms with van der Waals surface area (Å²) in [4.78, 5) is 38.0. The maximum Gasteiger partial charge on any atom is 0.307 e. The number of rotatable bonds is 5. The number of halogens is 1. The van der Waals surface area contributed by atoms with Gasteiger partial charge in [0.2, 0.25) is 0 Å². The van der Waals surface area contributed by atoms with Crippen LogP contribution < -0.4 is 10.9 Å². The van der Waals surface area contributed by atoms with Crippen molar-refractivity contribution in [3.63, 3.8) is 0 Å². The van der Waals surface area contributed by atoms with Crippen LogP contribution in [0.5, 0.6) is 0 Å². The molecule has 0 fully saturated rings. The Morgan fingerprint density at radius 1 is 1.26 bits per heavy atom. The zero-order valence-corrected chi connectivity index (χ0v) is 13.1. The predicted molar refractivity (Wildman–Crippen MR) is 85.4 cm³/mol. The Kier molecular flexibility index (Phi) is 5.54. The lowest BCUT2D eigenvalue weighted by Gasteiger charge is -2.19. The average molecular weight is 335 g/mol. The van der Waals surface area contributed by atoms with Crippen LogP contribution in [0, 0.1) is 0 Å². The SMILES string of the molecule is COC(=O)CC(NC(=O)c1ccc[nH]c1=O)c1ccccc1Cl. The Labute approximate surface area is 137 Å². The Morgan fingerprint density at radius 2 is 2.00 bits per heavy atom. The fourth-order valence-electron chi connectivity index (χ4n) is 2.08. The molecule has 1 unspecified atom stereocenters. The van der Waals surface area contributed by atoms with Crippen molar-refractivity contribution in [3.8, 4) is 0 Å². The number of amides is 1. The number of aromatic nitrogens is 1. The largest absolute Gasteiger partial charge is 0.469 e. The number of carbonyl (C=O) groups excluding carboxylic acids is 2. The molecule has 6 nitrogen and oxygen atoms in total. The molecule has 1 heterocycles. The molecule has 0 saturated heterocycles. The Bertz CT molecular complexity index is 772. The van der Waals surface area contributed by atoms with Crippen LogP contribution in [-0.4, -0.2) is 24.0 Å². The standard InChI is InChI=1S/C16H15ClN2O4/c1-23-14(20)9-13(10-5-2-3-7-12(10)17)19-16(22)11-6-4-8-18-15(11)21/h2-8,13H,9H2,1H3,(H,18,21)(H,19,22). The van der Waals surface area contributed by atoms with Gasteiger partial charge in [-0.2, -0.15) is 0 Å². The van der Waals surface area contributed by atoms with Crippen LogP contribution in [0.25, 0.3) is 0 Å². The van der Waals surface area contributed by atoms with E-state index in [0.717, 1.165) is 0 Å². The lowest BCUT2D eigenvalue weighted by Crippen LogP contribution is -2.34. The van der Waals surface area contributed by atoms with Gasteiger partial charge < -0.3 is 15.0 Å². The number of aromatic amines is 1. The molecule has 2 aromatic rings. The molecule has 1 amide bonds. The van der Waals surface area contributed by atoms with Gasteiger partial charge in [-0.15, -0.1) is 0 Å². The fourth-order valence-corrected chi connectivity index (χ4v) is 2.35. The lowest BCUT2D eigenvalue weighted by molar-refractivity contribution is -0.141. The highest BCUT2D eigenvalue weighted by Crippen LogP contribution is 2.25. The molecule has 1 aromatic heterocycles. The molecule has 0 spiro atoms. The van der Waals surface area contributed by atoms with Gasteiger partial charge in [0, 0.05) is 11.2 Å². The molecule has 0 radical (unpaired) electrons. The van der Waals surface area contributed by atoms with Crippen molar-refractivity contribution in [2.24, 2.45) is 0 Å². The van der Waals surface area contributed by atoms with E-state index in [1.54, 1.807) is 30.3 Å². The van der Waals surface area contributed by atoms with Gasteiger partial charge in [-0.1, -0.05) is 29.8 Å². The topological polar surface area (TPSA) is 88.3 Å². The third-order valence-electron chi connectivity index (χ3n) is 3.25. The molecule has 23 heavy (non-hydrogen) atoms. The highest BCUT2D eigenvalue weighted by Gasteiger charge is 2.22. The van der Waals surface area contributed by atoms with E-state index in [-0.39, 0.29) is 12.0 Å². The minimum Gasteiger partial charge on any atom is -0.469 e. The number of methoxy groups -OCH3 is 1. The third-order valence-corrected chi connectivity index (χ3v) is 3.59. The summed E-state index contributed by atoms with van der Waals surface area (Å²) in [5.74, 6) is -1.10. The number of pyridine rings is 1. The van der Waals surface area contributed by atoms with Gasteiger partial charge in [0.15, 0.2) is 0 Å². The monoisotopic (exact) mass is 334 g/mol. The van der Waals surface area contributed by atoms with E-state index in [1.807, 2.05) is 0 Å². The Hall–Kier alpha value is -2.60. The highest BCUT2D eigenvalue weighted by molar-refractivity contribution is 6.31. The van der Waals surface area contributed by atoms with Gasteiger partial charge in [0.25, 0.3) is 11.5 Å². The van der Waals surface area contributed by atoms with E-state index >= 15 is 0 Å². The first kappa shape index (κ1) is 16.8. The molecular formula is C16H15ClN2O4. The fraction of sp³-hybridized carbons (Fsp3) is 0.188. The molecule has 120 valence electrons. The van der Waals surface area contributed by atoms with Crippen molar-refractivity contribution >= 4 is 23.5 Å². The molecule has 0 aliphatic rings. The number of carbonyl (C=O) groups is 2. The quantitative estimate of drug-likeness (QED) is 0.819. The smallest absolute Gasteiger partial charge is 0.307 e. The number of nitrogens with one attached hydrogen (secondary N) is 2. The van der Waals surface area contributed by atoms with E-state index in [9.17, 15) is 14.4 Å². The molecule has 2 N–H and O–H groups in total. The summed E-state index contributed by atoms with van der Waals surface area (Å²) in [6.45, 7) is 0. The summed E-state index contributed by atoms with van der Waals surface area (Å²) in [7, 11) is 1.26. The summed E-state index contributed by atoms with van der Waals surface area (Å²) in [5, 5.41) is 3.06. The van der Waals surface area contributed by atoms with Crippen LogP contribution in [0.1, 0.15) is 28.4 Å². The zero-order valence-electron chi connectivity index (χ0n) is 12.3. The second-order valence-electron chi connectivity index (χ2n) is 4.74. The summed E-state index contributed by atoms with van der Waals surface area (Å²) in [6.07, 6.45) is 1.33. The van der Waals surface area contributed by atoms with Crippen LogP contribution in [-0.2, 0) is 9.53 Å². The minimum absolute atomic E-state index is 0.0468. The molecule has 1 atom stereocenters. The summed E-state index contributed by atoms with van der Waals surface area (Å²) < 4.78 is 4.65. The van der Waals surface area contributed by atoms with Gasteiger partial charge in [0.05, 0.1) is 19.6 Å². The van der Waals surface area contributed by atoms with Crippen LogP contribution in [0.15, 0.2) is 47.4 Å². The van der Waals surface area contributed by atoms with Gasteiger partial charge in [-0.25, -0.2) is 0 Å². The van der Waals surface area contributed by atoms with E-state index in [4.69, 9.17) is 11.6 Å². The molecule has 2 rings (SSSR count). The normalized spacial score (nSPS) is 11.6. The van der Waals surface area contributed by atoms with Gasteiger partial charge in [0.1, 0.15) is 5.56 Å². The molecule has 1 aromatic carbocycles. The highest BCUT2D eigenvalue weighted by atomic mass is 35.5. The second-order valence-corrected chi connectivity index (χ2v) is 5.15. The lowest BCUT2D eigenvalue weighted by atomic mass is 10.0. The van der Waals surface area contributed by atoms with Gasteiger partial charge >= 0.3 is 5.97 Å². The molecule has 0 aliphatic carbocycles. The van der Waals surface area contributed by atoms with Crippen LogP contribution in [0.2, 0.25) is 5.02 Å². The first-order valence-electron chi connectivity index (χ1n) is 6.82. The van der Waals surface area contributed by atoms with Crippen molar-refractivity contribution in [1.82, 2.24) is 10.3 Å². The summed E-state index contributed by atoms with van der Waals surface area (Å²) in [5.41, 5.74) is 0.00988. The summed E-state index contributed by atoms with van der Waals surface area (Å²) >= 11 is 6.14. The number of benzene rings is 1. The Balaban J connectivity index is 2.30. The van der Waals surface area contributed by atoms with Crippen LogP contribution in [0.3, 0.4) is 0 Å². The molecule has 7 heteroatoms. The molecule has 0 aliphatic heterocycles. The second kappa shape index (κ2) is 7.60. The number of ether oxygens (including phenoxy) is 1. The zero-order chi connectivity index (χ0) is 16.8. The number of hydrogen-bond donors (Lipinski definition) is 2. The van der Waals surface area contributed by atoms with Gasteiger partial charge in [-0.3, -0.25) is 14.4 Å². The molecule has 0 saturated carbocycles. The van der Waals surface area contributed by atoms with Crippen molar-refractivity contribution in [2.75, 3.05) is 7.11 Å². The van der Waals surface area contributed by atoms with E-state index in [1.165, 1.54) is 19.4 Å². The molecular weight excluding hydrogens is 320 g/mol. The number of H-pyrrole nitrogens is 1. The third kappa shape index (κ3) is 4.20.